The van der Waals surface area contributed by atoms with Crippen molar-refractivity contribution in [2.75, 3.05) is 29.9 Å². The van der Waals surface area contributed by atoms with Crippen molar-refractivity contribution in [3.63, 3.8) is 0 Å². The average molecular weight is 409 g/mol. The van der Waals surface area contributed by atoms with Gasteiger partial charge in [-0.25, -0.2) is 8.42 Å². The molecule has 1 fully saturated rings. The fraction of sp³-hybridized carbons (Fsp3) is 0.400. The quantitative estimate of drug-likeness (QED) is 0.704. The van der Waals surface area contributed by atoms with Crippen LogP contribution in [-0.4, -0.2) is 28.3 Å². The van der Waals surface area contributed by atoms with Crippen molar-refractivity contribution in [3.8, 4) is 5.75 Å². The zero-order valence-corrected chi connectivity index (χ0v) is 17.5. The molecule has 7 heteroatoms. The average Bonchev–Trinajstić information content (AvgIpc) is 3.13. The van der Waals surface area contributed by atoms with Crippen LogP contribution in [0.15, 0.2) is 42.5 Å². The van der Waals surface area contributed by atoms with Gasteiger partial charge in [-0.1, -0.05) is 37.6 Å². The van der Waals surface area contributed by atoms with Gasteiger partial charge in [0.25, 0.3) is 0 Å². The highest BCUT2D eigenvalue weighted by molar-refractivity contribution is 7.92. The molecule has 0 aromatic heterocycles. The van der Waals surface area contributed by atoms with Gasteiger partial charge in [0.1, 0.15) is 5.75 Å². The van der Waals surface area contributed by atoms with Crippen LogP contribution in [0.25, 0.3) is 0 Å². The van der Waals surface area contributed by atoms with Gasteiger partial charge in [-0.2, -0.15) is 0 Å². The predicted octanol–water partition coefficient (Wildman–Crippen LogP) is 4.57. The second-order valence-electron chi connectivity index (χ2n) is 7.63. The fourth-order valence-corrected chi connectivity index (χ4v) is 4.53. The molecule has 0 unspecified atom stereocenters. The number of hydrogen-bond donors (Lipinski definition) is 2. The Morgan fingerprint density at radius 3 is 2.41 bits per heavy atom. The number of benzene rings is 2. The Bertz CT molecular complexity index is 927. The molecule has 3 rings (SSSR count). The Morgan fingerprint density at radius 1 is 1.15 bits per heavy atom. The lowest BCUT2D eigenvalue weighted by Crippen LogP contribution is -2.09. The van der Waals surface area contributed by atoms with Crippen LogP contribution < -0.4 is 14.8 Å². The summed E-state index contributed by atoms with van der Waals surface area (Å²) in [6.07, 6.45) is 1.15. The van der Waals surface area contributed by atoms with E-state index >= 15 is 0 Å². The van der Waals surface area contributed by atoms with Crippen molar-refractivity contribution in [3.05, 3.63) is 53.1 Å². The Hall–Kier alpha value is -1.92. The summed E-state index contributed by atoms with van der Waals surface area (Å²) in [4.78, 5) is 0. The van der Waals surface area contributed by atoms with Crippen molar-refractivity contribution in [1.82, 2.24) is 0 Å². The van der Waals surface area contributed by atoms with E-state index in [1.807, 2.05) is 42.5 Å². The largest absolute Gasteiger partial charge is 0.495 e. The summed E-state index contributed by atoms with van der Waals surface area (Å²) < 4.78 is 30.6. The van der Waals surface area contributed by atoms with Gasteiger partial charge in [0, 0.05) is 17.3 Å². The van der Waals surface area contributed by atoms with Crippen molar-refractivity contribution in [2.45, 2.75) is 19.8 Å². The third-order valence-electron chi connectivity index (χ3n) is 5.30. The summed E-state index contributed by atoms with van der Waals surface area (Å²) >= 11 is 6.10. The summed E-state index contributed by atoms with van der Waals surface area (Å²) in [6.45, 7) is 5.31. The number of nitrogens with one attached hydrogen (secondary N) is 2. The summed E-state index contributed by atoms with van der Waals surface area (Å²) in [5.41, 5.74) is 2.84. The lowest BCUT2D eigenvalue weighted by molar-refractivity contribution is 0.416. The molecule has 1 aliphatic carbocycles. The number of halogens is 1. The van der Waals surface area contributed by atoms with E-state index in [4.69, 9.17) is 16.3 Å². The summed E-state index contributed by atoms with van der Waals surface area (Å²) in [7, 11) is -1.62. The maximum atomic E-state index is 11.3. The Balaban J connectivity index is 1.69. The molecule has 2 atom stereocenters. The zero-order valence-electron chi connectivity index (χ0n) is 15.9. The second kappa shape index (κ2) is 7.24. The van der Waals surface area contributed by atoms with Crippen LogP contribution in [0.1, 0.15) is 25.3 Å². The molecule has 0 heterocycles. The maximum absolute atomic E-state index is 11.3. The normalized spacial score (nSPS) is 20.8. The van der Waals surface area contributed by atoms with Gasteiger partial charge in [0.15, 0.2) is 0 Å². The smallest absolute Gasteiger partial charge is 0.229 e. The van der Waals surface area contributed by atoms with Gasteiger partial charge in [0.05, 0.1) is 19.1 Å². The summed E-state index contributed by atoms with van der Waals surface area (Å²) in [5, 5.41) is 4.13. The lowest BCUT2D eigenvalue weighted by Gasteiger charge is -2.12. The van der Waals surface area contributed by atoms with Crippen LogP contribution in [0.4, 0.5) is 11.4 Å². The monoisotopic (exact) mass is 408 g/mol. The molecule has 5 nitrogen and oxygen atoms in total. The van der Waals surface area contributed by atoms with E-state index in [1.54, 1.807) is 7.11 Å². The Kier molecular flexibility index (Phi) is 5.32. The van der Waals surface area contributed by atoms with E-state index in [0.29, 0.717) is 22.5 Å². The van der Waals surface area contributed by atoms with Crippen LogP contribution in [-0.2, 0) is 10.0 Å². The van der Waals surface area contributed by atoms with Crippen LogP contribution in [0.2, 0.25) is 5.02 Å². The third-order valence-corrected chi connectivity index (χ3v) is 6.14. The standard InChI is InChI=1S/C20H25ClN2O3S/c1-20(2)16(12-22-17-11-14(21)7-10-18(17)26-3)19(20)13-5-8-15(9-6-13)23-27(4,24)25/h5-11,16,19,22-23H,12H2,1-4H3/t16-,19-/m1/s1. The SMILES string of the molecule is COc1ccc(Cl)cc1NC[C@@H]1[C@@H](c2ccc(NS(C)(=O)=O)cc2)C1(C)C. The first-order chi connectivity index (χ1) is 12.6. The van der Waals surface area contributed by atoms with Gasteiger partial charge >= 0.3 is 0 Å². The fourth-order valence-electron chi connectivity index (χ4n) is 3.80. The minimum absolute atomic E-state index is 0.157. The minimum atomic E-state index is -3.26. The predicted molar refractivity (Wildman–Crippen MR) is 111 cm³/mol. The molecule has 0 radical (unpaired) electrons. The molecule has 2 aromatic carbocycles. The molecule has 146 valence electrons. The molecule has 27 heavy (non-hydrogen) atoms. The van der Waals surface area contributed by atoms with Crippen LogP contribution in [0, 0.1) is 11.3 Å². The van der Waals surface area contributed by atoms with Gasteiger partial charge in [-0.3, -0.25) is 4.72 Å². The Morgan fingerprint density at radius 2 is 1.81 bits per heavy atom. The molecule has 0 bridgehead atoms. The topological polar surface area (TPSA) is 67.4 Å². The summed E-state index contributed by atoms with van der Waals surface area (Å²) in [6, 6.07) is 13.2. The highest BCUT2D eigenvalue weighted by Crippen LogP contribution is 2.64. The van der Waals surface area contributed by atoms with Crippen LogP contribution in [0.3, 0.4) is 0 Å². The van der Waals surface area contributed by atoms with E-state index in [2.05, 4.69) is 23.9 Å². The van der Waals surface area contributed by atoms with E-state index in [9.17, 15) is 8.42 Å². The van der Waals surface area contributed by atoms with Gasteiger partial charge < -0.3 is 10.1 Å². The number of anilines is 2. The van der Waals surface area contributed by atoms with Gasteiger partial charge in [-0.05, 0) is 53.1 Å². The molecule has 1 saturated carbocycles. The van der Waals surface area contributed by atoms with Crippen LogP contribution in [0.5, 0.6) is 5.75 Å². The molecule has 0 aliphatic heterocycles. The summed E-state index contributed by atoms with van der Waals surface area (Å²) in [5.74, 6) is 1.63. The lowest BCUT2D eigenvalue weighted by atomic mass is 10.0. The molecule has 0 amide bonds. The van der Waals surface area contributed by atoms with E-state index in [1.165, 1.54) is 5.56 Å². The van der Waals surface area contributed by atoms with Crippen molar-refractivity contribution in [1.29, 1.82) is 0 Å². The van der Waals surface area contributed by atoms with Crippen LogP contribution >= 0.6 is 11.6 Å². The number of hydrogen-bond acceptors (Lipinski definition) is 4. The molecular weight excluding hydrogens is 384 g/mol. The second-order valence-corrected chi connectivity index (χ2v) is 9.81. The number of methoxy groups -OCH3 is 1. The number of sulfonamides is 1. The zero-order chi connectivity index (χ0) is 19.8. The number of ether oxygens (including phenoxy) is 1. The molecule has 2 N–H and O–H groups in total. The molecular formula is C20H25ClN2O3S. The van der Waals surface area contributed by atoms with Crippen molar-refractivity contribution >= 4 is 33.0 Å². The van der Waals surface area contributed by atoms with E-state index in [0.717, 1.165) is 24.2 Å². The third kappa shape index (κ3) is 4.50. The van der Waals surface area contributed by atoms with Crippen molar-refractivity contribution < 1.29 is 13.2 Å². The van der Waals surface area contributed by atoms with Crippen molar-refractivity contribution in [2.24, 2.45) is 11.3 Å². The highest BCUT2D eigenvalue weighted by Gasteiger charge is 2.57. The first-order valence-corrected chi connectivity index (χ1v) is 11.0. The Labute approximate surface area is 166 Å². The van der Waals surface area contributed by atoms with E-state index in [-0.39, 0.29) is 5.41 Å². The molecule has 1 aliphatic rings. The van der Waals surface area contributed by atoms with Gasteiger partial charge in [0.2, 0.25) is 10.0 Å². The maximum Gasteiger partial charge on any atom is 0.229 e. The molecule has 0 spiro atoms. The molecule has 0 saturated heterocycles. The molecule has 2 aromatic rings. The number of rotatable bonds is 7. The first kappa shape index (κ1) is 19.8. The van der Waals surface area contributed by atoms with E-state index < -0.39 is 10.0 Å². The first-order valence-electron chi connectivity index (χ1n) is 8.77. The minimum Gasteiger partial charge on any atom is -0.495 e. The van der Waals surface area contributed by atoms with Gasteiger partial charge in [-0.15, -0.1) is 0 Å². The highest BCUT2D eigenvalue weighted by atomic mass is 35.5.